The fourth-order valence-electron chi connectivity index (χ4n) is 2.93. The highest BCUT2D eigenvalue weighted by Gasteiger charge is 2.33. The van der Waals surface area contributed by atoms with Crippen molar-refractivity contribution in [1.82, 2.24) is 4.90 Å². The van der Waals surface area contributed by atoms with Gasteiger partial charge in [0.05, 0.1) is 6.26 Å². The monoisotopic (exact) mass is 295 g/mol. The molecule has 1 aromatic heterocycles. The molecular formula is C16H25NO2S. The molecule has 1 aromatic rings. The van der Waals surface area contributed by atoms with Gasteiger partial charge in [0.2, 0.25) is 5.91 Å². The molecule has 1 aliphatic rings. The Bertz CT molecular complexity index is 436. The van der Waals surface area contributed by atoms with Crippen LogP contribution in [-0.2, 0) is 4.79 Å². The van der Waals surface area contributed by atoms with E-state index in [0.29, 0.717) is 12.3 Å². The first kappa shape index (κ1) is 15.5. The van der Waals surface area contributed by atoms with Gasteiger partial charge >= 0.3 is 0 Å². The second-order valence-corrected chi connectivity index (χ2v) is 8.09. The molecule has 112 valence electrons. The first-order chi connectivity index (χ1) is 9.37. The summed E-state index contributed by atoms with van der Waals surface area (Å²) in [5, 5.41) is 0.0688. The van der Waals surface area contributed by atoms with Crippen LogP contribution in [0.25, 0.3) is 0 Å². The minimum absolute atomic E-state index is 0.0688. The van der Waals surface area contributed by atoms with Gasteiger partial charge in [0.15, 0.2) is 0 Å². The highest BCUT2D eigenvalue weighted by atomic mass is 32.2. The molecule has 2 atom stereocenters. The number of carbonyl (C=O) groups is 1. The molecule has 2 unspecified atom stereocenters. The van der Waals surface area contributed by atoms with E-state index in [9.17, 15) is 4.79 Å². The lowest BCUT2D eigenvalue weighted by Crippen LogP contribution is -2.31. The lowest BCUT2D eigenvalue weighted by Gasteiger charge is -2.26. The van der Waals surface area contributed by atoms with Crippen LogP contribution in [-0.4, -0.2) is 23.1 Å². The van der Waals surface area contributed by atoms with E-state index in [1.807, 2.05) is 17.0 Å². The summed E-state index contributed by atoms with van der Waals surface area (Å²) in [6.45, 7) is 9.69. The summed E-state index contributed by atoms with van der Waals surface area (Å²) >= 11 is 1.79. The highest BCUT2D eigenvalue weighted by Crippen LogP contribution is 2.39. The van der Waals surface area contributed by atoms with Crippen LogP contribution in [0.5, 0.6) is 0 Å². The minimum Gasteiger partial charge on any atom is -0.466 e. The fraction of sp³-hybridized carbons (Fsp3) is 0.688. The van der Waals surface area contributed by atoms with Gasteiger partial charge in [0, 0.05) is 18.7 Å². The molecule has 0 bridgehead atoms. The zero-order valence-electron chi connectivity index (χ0n) is 12.9. The molecule has 3 nitrogen and oxygen atoms in total. The molecule has 1 aliphatic heterocycles. The molecule has 2 heterocycles. The number of nitrogens with zero attached hydrogens (tertiary/aromatic N) is 1. The van der Waals surface area contributed by atoms with Crippen LogP contribution >= 0.6 is 11.8 Å². The highest BCUT2D eigenvalue weighted by molar-refractivity contribution is 7.99. The summed E-state index contributed by atoms with van der Waals surface area (Å²) in [4.78, 5) is 14.5. The van der Waals surface area contributed by atoms with E-state index in [4.69, 9.17) is 4.42 Å². The van der Waals surface area contributed by atoms with E-state index >= 15 is 0 Å². The number of amides is 1. The van der Waals surface area contributed by atoms with E-state index in [1.54, 1.807) is 18.0 Å². The summed E-state index contributed by atoms with van der Waals surface area (Å²) in [6.07, 6.45) is 3.39. The van der Waals surface area contributed by atoms with Crippen molar-refractivity contribution in [2.24, 2.45) is 11.3 Å². The van der Waals surface area contributed by atoms with Gasteiger partial charge in [-0.3, -0.25) is 4.79 Å². The smallest absolute Gasteiger partial charge is 0.224 e. The van der Waals surface area contributed by atoms with E-state index in [2.05, 4.69) is 27.7 Å². The van der Waals surface area contributed by atoms with Crippen molar-refractivity contribution in [2.45, 2.75) is 45.9 Å². The molecule has 20 heavy (non-hydrogen) atoms. The predicted octanol–water partition coefficient (Wildman–Crippen LogP) is 4.32. The van der Waals surface area contributed by atoms with Crippen molar-refractivity contribution in [2.75, 3.05) is 12.3 Å². The molecule has 4 heteroatoms. The first-order valence-corrected chi connectivity index (χ1v) is 8.36. The van der Waals surface area contributed by atoms with Gasteiger partial charge in [-0.2, -0.15) is 0 Å². The third-order valence-corrected chi connectivity index (χ3v) is 4.70. The maximum absolute atomic E-state index is 12.5. The molecular weight excluding hydrogens is 270 g/mol. The molecule has 0 spiro atoms. The summed E-state index contributed by atoms with van der Waals surface area (Å²) in [6, 6.07) is 3.85. The maximum Gasteiger partial charge on any atom is 0.224 e. The second-order valence-electron chi connectivity index (χ2n) is 6.90. The molecule has 0 aliphatic carbocycles. The Balaban J connectivity index is 1.95. The fourth-order valence-corrected chi connectivity index (χ4v) is 4.15. The Hall–Kier alpha value is -0.900. The normalized spacial score (nSPS) is 21.2. The topological polar surface area (TPSA) is 33.5 Å². The third kappa shape index (κ3) is 4.05. The number of thioether (sulfide) groups is 1. The van der Waals surface area contributed by atoms with Gasteiger partial charge in [-0.25, -0.2) is 0 Å². The second kappa shape index (κ2) is 6.25. The lowest BCUT2D eigenvalue weighted by atomic mass is 9.84. The van der Waals surface area contributed by atoms with Crippen LogP contribution in [0.1, 0.15) is 51.7 Å². The van der Waals surface area contributed by atoms with Crippen molar-refractivity contribution in [3.8, 4) is 0 Å². The minimum atomic E-state index is 0.0688. The van der Waals surface area contributed by atoms with Gasteiger partial charge in [-0.1, -0.05) is 27.7 Å². The Morgan fingerprint density at radius 3 is 2.90 bits per heavy atom. The Morgan fingerprint density at radius 2 is 2.30 bits per heavy atom. The average Bonchev–Trinajstić information content (AvgIpc) is 2.97. The largest absolute Gasteiger partial charge is 0.466 e. The van der Waals surface area contributed by atoms with Crippen molar-refractivity contribution in [3.63, 3.8) is 0 Å². The van der Waals surface area contributed by atoms with Crippen LogP contribution in [0.3, 0.4) is 0 Å². The van der Waals surface area contributed by atoms with Gasteiger partial charge in [-0.05, 0) is 29.9 Å². The summed E-state index contributed by atoms with van der Waals surface area (Å²) in [5.41, 5.74) is 0.278. The van der Waals surface area contributed by atoms with E-state index < -0.39 is 0 Å². The SMILES string of the molecule is CC(CC(=O)N1CCSC1c1ccco1)CC(C)(C)C. The summed E-state index contributed by atoms with van der Waals surface area (Å²) in [5.74, 6) is 2.56. The third-order valence-electron chi connectivity index (χ3n) is 3.48. The Kier molecular flexibility index (Phi) is 4.84. The van der Waals surface area contributed by atoms with Crippen molar-refractivity contribution < 1.29 is 9.21 Å². The lowest BCUT2D eigenvalue weighted by molar-refractivity contribution is -0.132. The van der Waals surface area contributed by atoms with Crippen molar-refractivity contribution >= 4 is 17.7 Å². The molecule has 1 fully saturated rings. The molecule has 0 saturated carbocycles. The Morgan fingerprint density at radius 1 is 1.55 bits per heavy atom. The zero-order valence-corrected chi connectivity index (χ0v) is 13.7. The standard InChI is InChI=1S/C16H25NO2S/c1-12(11-16(2,3)4)10-14(18)17-7-9-20-15(17)13-6-5-8-19-13/h5-6,8,12,15H,7,9-11H2,1-4H3. The van der Waals surface area contributed by atoms with E-state index in [0.717, 1.165) is 24.5 Å². The first-order valence-electron chi connectivity index (χ1n) is 7.31. The van der Waals surface area contributed by atoms with Crippen LogP contribution in [0.15, 0.2) is 22.8 Å². The zero-order chi connectivity index (χ0) is 14.8. The number of hydrogen-bond donors (Lipinski definition) is 0. The van der Waals surface area contributed by atoms with Gasteiger partial charge in [0.1, 0.15) is 11.1 Å². The van der Waals surface area contributed by atoms with Crippen LogP contribution in [0.4, 0.5) is 0 Å². The van der Waals surface area contributed by atoms with E-state index in [1.165, 1.54) is 0 Å². The van der Waals surface area contributed by atoms with Gasteiger partial charge < -0.3 is 9.32 Å². The van der Waals surface area contributed by atoms with Gasteiger partial charge in [-0.15, -0.1) is 11.8 Å². The number of hydrogen-bond acceptors (Lipinski definition) is 3. The van der Waals surface area contributed by atoms with Gasteiger partial charge in [0.25, 0.3) is 0 Å². The molecule has 1 saturated heterocycles. The number of furan rings is 1. The average molecular weight is 295 g/mol. The maximum atomic E-state index is 12.5. The molecule has 2 rings (SSSR count). The molecule has 1 amide bonds. The number of rotatable bonds is 4. The predicted molar refractivity (Wildman–Crippen MR) is 83.5 cm³/mol. The number of carbonyl (C=O) groups excluding carboxylic acids is 1. The van der Waals surface area contributed by atoms with Crippen molar-refractivity contribution in [1.29, 1.82) is 0 Å². The van der Waals surface area contributed by atoms with Crippen LogP contribution in [0, 0.1) is 11.3 Å². The quantitative estimate of drug-likeness (QED) is 0.829. The molecule has 0 N–H and O–H groups in total. The summed E-state index contributed by atoms with van der Waals surface area (Å²) < 4.78 is 5.47. The molecule has 0 aromatic carbocycles. The van der Waals surface area contributed by atoms with Crippen LogP contribution in [0.2, 0.25) is 0 Å². The van der Waals surface area contributed by atoms with Crippen molar-refractivity contribution in [3.05, 3.63) is 24.2 Å². The molecule has 0 radical (unpaired) electrons. The van der Waals surface area contributed by atoms with E-state index in [-0.39, 0.29) is 16.7 Å². The Labute approximate surface area is 126 Å². The summed E-state index contributed by atoms with van der Waals surface area (Å²) in [7, 11) is 0. The van der Waals surface area contributed by atoms with Crippen LogP contribution < -0.4 is 0 Å².